The third kappa shape index (κ3) is 3.21. The molecule has 1 aliphatic heterocycles. The Hall–Kier alpha value is -0.0800. The molecule has 0 aliphatic carbocycles. The van der Waals surface area contributed by atoms with Gasteiger partial charge in [-0.3, -0.25) is 4.90 Å². The number of nitrogens with one attached hydrogen (secondary N) is 1. The molecule has 16 heavy (non-hydrogen) atoms. The molecule has 0 aromatic carbocycles. The molecule has 0 radical (unpaired) electrons. The van der Waals surface area contributed by atoms with Gasteiger partial charge in [-0.15, -0.1) is 0 Å². The molecule has 2 nitrogen and oxygen atoms in total. The lowest BCUT2D eigenvalue weighted by atomic mass is 9.93. The molecule has 4 unspecified atom stereocenters. The summed E-state index contributed by atoms with van der Waals surface area (Å²) in [5.74, 6) is 1.53. The van der Waals surface area contributed by atoms with Crippen LogP contribution >= 0.6 is 0 Å². The van der Waals surface area contributed by atoms with Gasteiger partial charge in [0.2, 0.25) is 0 Å². The highest BCUT2D eigenvalue weighted by atomic mass is 15.3. The van der Waals surface area contributed by atoms with E-state index in [2.05, 4.69) is 51.8 Å². The van der Waals surface area contributed by atoms with Crippen molar-refractivity contribution in [1.29, 1.82) is 0 Å². The van der Waals surface area contributed by atoms with Crippen LogP contribution in [0.15, 0.2) is 0 Å². The van der Waals surface area contributed by atoms with Crippen LogP contribution in [0, 0.1) is 11.8 Å². The fourth-order valence-corrected chi connectivity index (χ4v) is 2.53. The second-order valence-corrected chi connectivity index (χ2v) is 5.93. The van der Waals surface area contributed by atoms with Crippen LogP contribution in [-0.2, 0) is 0 Å². The van der Waals surface area contributed by atoms with E-state index in [4.69, 9.17) is 0 Å². The van der Waals surface area contributed by atoms with Gasteiger partial charge in [-0.2, -0.15) is 0 Å². The van der Waals surface area contributed by atoms with E-state index >= 15 is 0 Å². The van der Waals surface area contributed by atoms with Crippen molar-refractivity contribution < 1.29 is 0 Å². The molecule has 0 bridgehead atoms. The third-order valence-corrected chi connectivity index (χ3v) is 4.47. The van der Waals surface area contributed by atoms with Gasteiger partial charge in [0, 0.05) is 31.2 Å². The molecule has 4 atom stereocenters. The van der Waals surface area contributed by atoms with Crippen molar-refractivity contribution in [3.05, 3.63) is 0 Å². The highest BCUT2D eigenvalue weighted by Gasteiger charge is 2.31. The van der Waals surface area contributed by atoms with Crippen LogP contribution in [0.1, 0.15) is 48.0 Å². The van der Waals surface area contributed by atoms with E-state index in [1.165, 1.54) is 13.0 Å². The van der Waals surface area contributed by atoms with Crippen LogP contribution in [0.5, 0.6) is 0 Å². The van der Waals surface area contributed by atoms with Crippen LogP contribution < -0.4 is 5.32 Å². The Morgan fingerprint density at radius 2 is 1.88 bits per heavy atom. The molecule has 1 fully saturated rings. The highest BCUT2D eigenvalue weighted by molar-refractivity contribution is 4.89. The average molecular weight is 226 g/mol. The minimum Gasteiger partial charge on any atom is -0.311 e. The number of nitrogens with zero attached hydrogens (tertiary/aromatic N) is 1. The normalized spacial score (nSPS) is 31.7. The van der Waals surface area contributed by atoms with Gasteiger partial charge in [0.1, 0.15) is 0 Å². The molecule has 0 aromatic rings. The van der Waals surface area contributed by atoms with Gasteiger partial charge in [-0.05, 0) is 25.7 Å². The molecule has 1 N–H and O–H groups in total. The van der Waals surface area contributed by atoms with E-state index in [1.807, 2.05) is 0 Å². The second-order valence-electron chi connectivity index (χ2n) is 5.93. The third-order valence-electron chi connectivity index (χ3n) is 4.47. The molecule has 2 heteroatoms. The van der Waals surface area contributed by atoms with E-state index in [-0.39, 0.29) is 0 Å². The Balaban J connectivity index is 2.61. The standard InChI is InChI=1S/C14H30N2/c1-7-11(4)14-9-16(12(5)8-15-14)13(6)10(2)3/h10-15H,7-9H2,1-6H3. The molecule has 0 spiro atoms. The predicted octanol–water partition coefficient (Wildman–Crippen LogP) is 2.74. The van der Waals surface area contributed by atoms with Crippen LogP contribution in [0.4, 0.5) is 0 Å². The molecular weight excluding hydrogens is 196 g/mol. The summed E-state index contributed by atoms with van der Waals surface area (Å²) < 4.78 is 0. The lowest BCUT2D eigenvalue weighted by molar-refractivity contribution is 0.0624. The summed E-state index contributed by atoms with van der Waals surface area (Å²) in [6, 6.07) is 2.06. The summed E-state index contributed by atoms with van der Waals surface area (Å²) >= 11 is 0. The van der Waals surface area contributed by atoms with Gasteiger partial charge in [0.15, 0.2) is 0 Å². The van der Waals surface area contributed by atoms with Crippen LogP contribution in [-0.4, -0.2) is 36.1 Å². The van der Waals surface area contributed by atoms with Gasteiger partial charge < -0.3 is 5.32 Å². The predicted molar refractivity (Wildman–Crippen MR) is 71.7 cm³/mol. The Morgan fingerprint density at radius 3 is 2.38 bits per heavy atom. The summed E-state index contributed by atoms with van der Waals surface area (Å²) in [5.41, 5.74) is 0. The van der Waals surface area contributed by atoms with Gasteiger partial charge in [0.05, 0.1) is 0 Å². The number of piperazine rings is 1. The van der Waals surface area contributed by atoms with Crippen molar-refractivity contribution in [1.82, 2.24) is 10.2 Å². The maximum atomic E-state index is 3.70. The van der Waals surface area contributed by atoms with Crippen molar-refractivity contribution in [3.63, 3.8) is 0 Å². The molecular formula is C14H30N2. The monoisotopic (exact) mass is 226 g/mol. The van der Waals surface area contributed by atoms with E-state index in [0.29, 0.717) is 18.1 Å². The Bertz CT molecular complexity index is 203. The SMILES string of the molecule is CCC(C)C1CN(C(C)C(C)C)C(C)CN1. The first kappa shape index (κ1) is 14.0. The summed E-state index contributed by atoms with van der Waals surface area (Å²) in [4.78, 5) is 2.69. The number of rotatable bonds is 4. The fraction of sp³-hybridized carbons (Fsp3) is 1.00. The molecule has 0 aromatic heterocycles. The molecule has 0 saturated carbocycles. The van der Waals surface area contributed by atoms with Gasteiger partial charge in [-0.25, -0.2) is 0 Å². The lowest BCUT2D eigenvalue weighted by Crippen LogP contribution is -2.60. The maximum Gasteiger partial charge on any atom is 0.0221 e. The zero-order valence-corrected chi connectivity index (χ0v) is 12.0. The Kier molecular flexibility index (Phi) is 5.26. The molecule has 0 amide bonds. The summed E-state index contributed by atoms with van der Waals surface area (Å²) in [7, 11) is 0. The Morgan fingerprint density at radius 1 is 1.25 bits per heavy atom. The lowest BCUT2D eigenvalue weighted by Gasteiger charge is -2.45. The smallest absolute Gasteiger partial charge is 0.0221 e. The number of hydrogen-bond donors (Lipinski definition) is 1. The quantitative estimate of drug-likeness (QED) is 0.793. The van der Waals surface area contributed by atoms with E-state index in [9.17, 15) is 0 Å². The van der Waals surface area contributed by atoms with Crippen molar-refractivity contribution in [3.8, 4) is 0 Å². The van der Waals surface area contributed by atoms with Crippen LogP contribution in [0.3, 0.4) is 0 Å². The summed E-state index contributed by atoms with van der Waals surface area (Å²) in [5, 5.41) is 3.70. The second kappa shape index (κ2) is 6.02. The van der Waals surface area contributed by atoms with Gasteiger partial charge in [-0.1, -0.05) is 34.1 Å². The van der Waals surface area contributed by atoms with Gasteiger partial charge in [0.25, 0.3) is 0 Å². The largest absolute Gasteiger partial charge is 0.311 e. The first-order valence-electron chi connectivity index (χ1n) is 6.96. The first-order chi connectivity index (χ1) is 7.47. The average Bonchev–Trinajstić information content (AvgIpc) is 2.27. The van der Waals surface area contributed by atoms with Crippen molar-refractivity contribution in [2.45, 2.75) is 66.1 Å². The van der Waals surface area contributed by atoms with Gasteiger partial charge >= 0.3 is 0 Å². The summed E-state index contributed by atoms with van der Waals surface area (Å²) in [6.45, 7) is 16.4. The molecule has 1 saturated heterocycles. The number of hydrogen-bond acceptors (Lipinski definition) is 2. The highest BCUT2D eigenvalue weighted by Crippen LogP contribution is 2.20. The molecule has 96 valence electrons. The summed E-state index contributed by atoms with van der Waals surface area (Å²) in [6.07, 6.45) is 1.27. The molecule has 1 aliphatic rings. The fourth-order valence-electron chi connectivity index (χ4n) is 2.53. The minimum absolute atomic E-state index is 0.678. The van der Waals surface area contributed by atoms with E-state index < -0.39 is 0 Å². The van der Waals surface area contributed by atoms with Crippen LogP contribution in [0.2, 0.25) is 0 Å². The first-order valence-corrected chi connectivity index (χ1v) is 6.96. The van der Waals surface area contributed by atoms with Crippen molar-refractivity contribution in [2.75, 3.05) is 13.1 Å². The Labute approximate surface area is 102 Å². The topological polar surface area (TPSA) is 15.3 Å². The zero-order chi connectivity index (χ0) is 12.3. The van der Waals surface area contributed by atoms with Crippen LogP contribution in [0.25, 0.3) is 0 Å². The zero-order valence-electron chi connectivity index (χ0n) is 12.0. The van der Waals surface area contributed by atoms with E-state index in [1.54, 1.807) is 0 Å². The van der Waals surface area contributed by atoms with Crippen molar-refractivity contribution in [2.24, 2.45) is 11.8 Å². The molecule has 1 rings (SSSR count). The molecule has 1 heterocycles. The maximum absolute atomic E-state index is 3.70. The van der Waals surface area contributed by atoms with E-state index in [0.717, 1.165) is 18.4 Å². The van der Waals surface area contributed by atoms with Crippen molar-refractivity contribution >= 4 is 0 Å². The minimum atomic E-state index is 0.678.